The zero-order valence-electron chi connectivity index (χ0n) is 15.4. The maximum Gasteiger partial charge on any atom is 0.243 e. The summed E-state index contributed by atoms with van der Waals surface area (Å²) in [5.74, 6) is -0.402. The molecule has 0 spiro atoms. The van der Waals surface area contributed by atoms with Gasteiger partial charge in [0, 0.05) is 32.6 Å². The van der Waals surface area contributed by atoms with Gasteiger partial charge in [0.2, 0.25) is 15.9 Å². The number of amides is 1. The highest BCUT2D eigenvalue weighted by Crippen LogP contribution is 2.27. The summed E-state index contributed by atoms with van der Waals surface area (Å²) in [5.41, 5.74) is 1.12. The molecule has 0 saturated carbocycles. The first-order valence-electron chi connectivity index (χ1n) is 8.09. The summed E-state index contributed by atoms with van der Waals surface area (Å²) in [6.45, 7) is 6.73. The fraction of sp³-hybridized carbons (Fsp3) is 0.562. The van der Waals surface area contributed by atoms with E-state index in [4.69, 9.17) is 0 Å². The molecular weight excluding hydrogens is 364 g/mol. The predicted molar refractivity (Wildman–Crippen MR) is 105 cm³/mol. The molecule has 0 aromatic heterocycles. The van der Waals surface area contributed by atoms with Crippen LogP contribution in [0.3, 0.4) is 0 Å². The van der Waals surface area contributed by atoms with Gasteiger partial charge in [0.15, 0.2) is 0 Å². The number of hydrogen-bond donors (Lipinski definition) is 3. The molecule has 0 fully saturated rings. The number of hydrogen-bond acceptors (Lipinski definition) is 5. The van der Waals surface area contributed by atoms with Crippen molar-refractivity contribution in [1.82, 2.24) is 9.62 Å². The topological polar surface area (TPSA) is 90.5 Å². The molecule has 1 amide bonds. The van der Waals surface area contributed by atoms with Crippen LogP contribution in [-0.4, -0.2) is 52.4 Å². The minimum absolute atomic E-state index is 0. The van der Waals surface area contributed by atoms with Gasteiger partial charge in [-0.2, -0.15) is 4.31 Å². The maximum atomic E-state index is 12.7. The van der Waals surface area contributed by atoms with E-state index >= 15 is 0 Å². The average molecular weight is 393 g/mol. The van der Waals surface area contributed by atoms with Crippen molar-refractivity contribution in [2.24, 2.45) is 5.92 Å². The van der Waals surface area contributed by atoms with Crippen LogP contribution in [0.1, 0.15) is 20.8 Å². The Labute approximate surface area is 157 Å². The molecule has 144 valence electrons. The SMILES string of the molecule is CCN(CC)S(=O)(=O)c1ccc(NC)c(NC(=O)C(C)CNC)c1.Cl. The van der Waals surface area contributed by atoms with Crippen LogP contribution in [-0.2, 0) is 14.8 Å². The second-order valence-corrected chi connectivity index (χ2v) is 7.43. The summed E-state index contributed by atoms with van der Waals surface area (Å²) < 4.78 is 26.7. The molecule has 3 N–H and O–H groups in total. The molecule has 0 aliphatic carbocycles. The fourth-order valence-electron chi connectivity index (χ4n) is 2.37. The van der Waals surface area contributed by atoms with Crippen LogP contribution in [0.4, 0.5) is 11.4 Å². The van der Waals surface area contributed by atoms with Crippen molar-refractivity contribution in [3.8, 4) is 0 Å². The zero-order chi connectivity index (χ0) is 18.3. The summed E-state index contributed by atoms with van der Waals surface area (Å²) in [7, 11) is -0.0724. The van der Waals surface area contributed by atoms with Gasteiger partial charge in [0.1, 0.15) is 0 Å². The van der Waals surface area contributed by atoms with Crippen molar-refractivity contribution in [1.29, 1.82) is 0 Å². The summed E-state index contributed by atoms with van der Waals surface area (Å²) in [5, 5.41) is 8.73. The van der Waals surface area contributed by atoms with E-state index < -0.39 is 10.0 Å². The van der Waals surface area contributed by atoms with Crippen LogP contribution in [0.15, 0.2) is 23.1 Å². The summed E-state index contributed by atoms with van der Waals surface area (Å²) in [6, 6.07) is 4.71. The highest BCUT2D eigenvalue weighted by Gasteiger charge is 2.23. The Morgan fingerprint density at radius 2 is 1.76 bits per heavy atom. The standard InChI is InChI=1S/C16H28N4O3S.ClH/c1-6-20(7-2)24(22,23)13-8-9-14(18-5)15(10-13)19-16(21)12(3)11-17-4;/h8-10,12,17-18H,6-7,11H2,1-5H3,(H,19,21);1H. The highest BCUT2D eigenvalue weighted by atomic mass is 35.5. The molecule has 25 heavy (non-hydrogen) atoms. The third-order valence-corrected chi connectivity index (χ3v) is 5.87. The Morgan fingerprint density at radius 1 is 1.16 bits per heavy atom. The number of carbonyl (C=O) groups is 1. The van der Waals surface area contributed by atoms with Gasteiger partial charge in [0.25, 0.3) is 0 Å². The molecule has 0 aliphatic rings. The molecule has 0 saturated heterocycles. The smallest absolute Gasteiger partial charge is 0.243 e. The van der Waals surface area contributed by atoms with E-state index in [1.165, 1.54) is 10.4 Å². The van der Waals surface area contributed by atoms with E-state index in [-0.39, 0.29) is 29.1 Å². The van der Waals surface area contributed by atoms with Gasteiger partial charge in [-0.25, -0.2) is 8.42 Å². The van der Waals surface area contributed by atoms with Crippen LogP contribution in [0, 0.1) is 5.92 Å². The lowest BCUT2D eigenvalue weighted by molar-refractivity contribution is -0.119. The van der Waals surface area contributed by atoms with Crippen LogP contribution in [0.5, 0.6) is 0 Å². The van der Waals surface area contributed by atoms with Gasteiger partial charge in [0.05, 0.1) is 16.3 Å². The second-order valence-electron chi connectivity index (χ2n) is 5.49. The van der Waals surface area contributed by atoms with Gasteiger partial charge < -0.3 is 16.0 Å². The van der Waals surface area contributed by atoms with E-state index in [0.29, 0.717) is 31.0 Å². The highest BCUT2D eigenvalue weighted by molar-refractivity contribution is 7.89. The Bertz CT molecular complexity index is 663. The molecule has 1 unspecified atom stereocenters. The minimum Gasteiger partial charge on any atom is -0.386 e. The number of nitrogens with zero attached hydrogens (tertiary/aromatic N) is 1. The van der Waals surface area contributed by atoms with Crippen LogP contribution >= 0.6 is 12.4 Å². The van der Waals surface area contributed by atoms with Crippen molar-refractivity contribution < 1.29 is 13.2 Å². The number of sulfonamides is 1. The number of halogens is 1. The van der Waals surface area contributed by atoms with Gasteiger partial charge >= 0.3 is 0 Å². The summed E-state index contributed by atoms with van der Waals surface area (Å²) in [6.07, 6.45) is 0. The number of rotatable bonds is 9. The first-order chi connectivity index (χ1) is 11.3. The lowest BCUT2D eigenvalue weighted by Crippen LogP contribution is -2.31. The number of anilines is 2. The molecule has 1 rings (SSSR count). The Kier molecular flexibility index (Phi) is 10.0. The largest absolute Gasteiger partial charge is 0.386 e. The quantitative estimate of drug-likeness (QED) is 0.597. The van der Waals surface area contributed by atoms with Crippen LogP contribution in [0.25, 0.3) is 0 Å². The first-order valence-corrected chi connectivity index (χ1v) is 9.53. The molecule has 1 aromatic rings. The van der Waals surface area contributed by atoms with E-state index in [1.54, 1.807) is 47.0 Å². The van der Waals surface area contributed by atoms with Gasteiger partial charge in [-0.1, -0.05) is 20.8 Å². The Morgan fingerprint density at radius 3 is 2.24 bits per heavy atom. The van der Waals surface area contributed by atoms with Crippen LogP contribution in [0.2, 0.25) is 0 Å². The number of nitrogens with one attached hydrogen (secondary N) is 3. The third-order valence-electron chi connectivity index (χ3n) is 3.82. The normalized spacial score (nSPS) is 12.4. The molecule has 9 heteroatoms. The second kappa shape index (κ2) is 10.6. The number of benzene rings is 1. The molecular formula is C16H29ClN4O3S. The average Bonchev–Trinajstić information content (AvgIpc) is 2.55. The number of carbonyl (C=O) groups excluding carboxylic acids is 1. The fourth-order valence-corrected chi connectivity index (χ4v) is 3.86. The Hall–Kier alpha value is -1.35. The lowest BCUT2D eigenvalue weighted by Gasteiger charge is -2.20. The van der Waals surface area contributed by atoms with E-state index in [1.807, 2.05) is 0 Å². The zero-order valence-corrected chi connectivity index (χ0v) is 17.1. The first kappa shape index (κ1) is 23.6. The summed E-state index contributed by atoms with van der Waals surface area (Å²) in [4.78, 5) is 12.4. The van der Waals surface area contributed by atoms with Gasteiger partial charge in [-0.15, -0.1) is 12.4 Å². The van der Waals surface area contributed by atoms with E-state index in [2.05, 4.69) is 16.0 Å². The molecule has 0 radical (unpaired) electrons. The van der Waals surface area contributed by atoms with Crippen LogP contribution < -0.4 is 16.0 Å². The third kappa shape index (κ3) is 5.85. The maximum absolute atomic E-state index is 12.7. The van der Waals surface area contributed by atoms with Crippen molar-refractivity contribution in [3.05, 3.63) is 18.2 Å². The van der Waals surface area contributed by atoms with E-state index in [0.717, 1.165) is 0 Å². The van der Waals surface area contributed by atoms with Crippen molar-refractivity contribution in [3.63, 3.8) is 0 Å². The minimum atomic E-state index is -3.57. The Balaban J connectivity index is 0.00000576. The summed E-state index contributed by atoms with van der Waals surface area (Å²) >= 11 is 0. The molecule has 1 atom stereocenters. The van der Waals surface area contributed by atoms with E-state index in [9.17, 15) is 13.2 Å². The lowest BCUT2D eigenvalue weighted by atomic mass is 10.1. The monoisotopic (exact) mass is 392 g/mol. The van der Waals surface area contributed by atoms with Crippen molar-refractivity contribution in [2.45, 2.75) is 25.7 Å². The molecule has 0 aliphatic heterocycles. The predicted octanol–water partition coefficient (Wildman–Crippen LogP) is 1.97. The van der Waals surface area contributed by atoms with Gasteiger partial charge in [-0.05, 0) is 25.2 Å². The van der Waals surface area contributed by atoms with Crippen molar-refractivity contribution in [2.75, 3.05) is 44.4 Å². The molecule has 0 bridgehead atoms. The van der Waals surface area contributed by atoms with Crippen molar-refractivity contribution >= 4 is 39.7 Å². The van der Waals surface area contributed by atoms with Gasteiger partial charge in [-0.3, -0.25) is 4.79 Å². The molecule has 0 heterocycles. The molecule has 1 aromatic carbocycles. The molecule has 7 nitrogen and oxygen atoms in total.